The molecule has 10 nitrogen and oxygen atoms in total. The van der Waals surface area contributed by atoms with Crippen LogP contribution in [0, 0.1) is 0 Å². The third kappa shape index (κ3) is 6.25. The fourth-order valence-corrected chi connectivity index (χ4v) is 4.20. The van der Waals surface area contributed by atoms with Crippen molar-refractivity contribution in [3.05, 3.63) is 44.6 Å². The van der Waals surface area contributed by atoms with Gasteiger partial charge in [-0.2, -0.15) is 0 Å². The van der Waals surface area contributed by atoms with Gasteiger partial charge in [0, 0.05) is 31.2 Å². The van der Waals surface area contributed by atoms with Gasteiger partial charge in [0.25, 0.3) is 5.56 Å². The number of hydrogen-bond donors (Lipinski definition) is 2. The topological polar surface area (TPSA) is 123 Å². The Morgan fingerprint density at radius 1 is 1.17 bits per heavy atom. The van der Waals surface area contributed by atoms with E-state index in [0.29, 0.717) is 38.2 Å². The number of ether oxygens (including phenoxy) is 2. The molecular formula is C25H37N5O5. The minimum Gasteiger partial charge on any atom is -0.497 e. The highest BCUT2D eigenvalue weighted by Gasteiger charge is 2.33. The lowest BCUT2D eigenvalue weighted by Gasteiger charge is -2.28. The standard InChI is InChI=1S/C25H37N5O5/c1-5-7-13-29(22-23(26)30(12-6-2)25(33)27-24(22)32)21(31)16-28(18-8-9-18)15-17-14-19(34-3)10-11-20(17)35-4/h10-11,14,18H,5-9,12-13,15-16,26H2,1-4H3,(H,27,32,33). The molecule has 35 heavy (non-hydrogen) atoms. The van der Waals surface area contributed by atoms with E-state index in [9.17, 15) is 14.4 Å². The van der Waals surface area contributed by atoms with Crippen LogP contribution in [0.2, 0.25) is 0 Å². The van der Waals surface area contributed by atoms with Crippen molar-refractivity contribution in [2.24, 2.45) is 0 Å². The number of unbranched alkanes of at least 4 members (excludes halogenated alkanes) is 1. The van der Waals surface area contributed by atoms with Gasteiger partial charge in [-0.05, 0) is 43.9 Å². The highest BCUT2D eigenvalue weighted by molar-refractivity contribution is 5.96. The molecular weight excluding hydrogens is 450 g/mol. The third-order valence-electron chi connectivity index (χ3n) is 6.23. The number of carbonyl (C=O) groups excluding carboxylic acids is 1. The maximum Gasteiger partial charge on any atom is 0.330 e. The number of benzene rings is 1. The summed E-state index contributed by atoms with van der Waals surface area (Å²) in [6.45, 7) is 5.24. The predicted molar refractivity (Wildman–Crippen MR) is 136 cm³/mol. The van der Waals surface area contributed by atoms with Crippen LogP contribution in [0.3, 0.4) is 0 Å². The lowest BCUT2D eigenvalue weighted by atomic mass is 10.1. The first-order valence-electron chi connectivity index (χ1n) is 12.2. The first-order chi connectivity index (χ1) is 16.8. The number of aromatic amines is 1. The van der Waals surface area contributed by atoms with Crippen molar-refractivity contribution in [3.8, 4) is 11.5 Å². The zero-order chi connectivity index (χ0) is 25.5. The molecule has 0 radical (unpaired) electrons. The molecule has 0 unspecified atom stereocenters. The molecule has 1 heterocycles. The molecule has 1 amide bonds. The predicted octanol–water partition coefficient (Wildman–Crippen LogP) is 2.34. The smallest absolute Gasteiger partial charge is 0.330 e. The number of nitrogen functional groups attached to an aromatic ring is 1. The van der Waals surface area contributed by atoms with Gasteiger partial charge in [-0.25, -0.2) is 4.79 Å². The maximum atomic E-state index is 13.7. The van der Waals surface area contributed by atoms with Gasteiger partial charge in [-0.1, -0.05) is 20.3 Å². The molecule has 3 N–H and O–H groups in total. The Morgan fingerprint density at radius 2 is 1.91 bits per heavy atom. The van der Waals surface area contributed by atoms with Crippen LogP contribution >= 0.6 is 0 Å². The number of hydrogen-bond acceptors (Lipinski definition) is 7. The average Bonchev–Trinajstić information content (AvgIpc) is 3.68. The van der Waals surface area contributed by atoms with E-state index in [4.69, 9.17) is 15.2 Å². The summed E-state index contributed by atoms with van der Waals surface area (Å²) in [6.07, 6.45) is 4.20. The zero-order valence-corrected chi connectivity index (χ0v) is 21.1. The lowest BCUT2D eigenvalue weighted by molar-refractivity contribution is -0.120. The minimum absolute atomic E-state index is 0.0255. The summed E-state index contributed by atoms with van der Waals surface area (Å²) in [5.74, 6) is 1.23. The van der Waals surface area contributed by atoms with Crippen molar-refractivity contribution < 1.29 is 14.3 Å². The van der Waals surface area contributed by atoms with Crippen LogP contribution < -0.4 is 31.4 Å². The number of anilines is 2. The van der Waals surface area contributed by atoms with Crippen LogP contribution in [-0.4, -0.2) is 53.7 Å². The Hall–Kier alpha value is -3.27. The van der Waals surface area contributed by atoms with Crippen LogP contribution in [0.4, 0.5) is 11.5 Å². The zero-order valence-electron chi connectivity index (χ0n) is 21.1. The van der Waals surface area contributed by atoms with E-state index in [2.05, 4.69) is 9.88 Å². The second kappa shape index (κ2) is 11.9. The second-order valence-corrected chi connectivity index (χ2v) is 8.86. The van der Waals surface area contributed by atoms with E-state index in [0.717, 1.165) is 30.6 Å². The molecule has 1 aliphatic carbocycles. The monoisotopic (exact) mass is 487 g/mol. The Morgan fingerprint density at radius 3 is 2.51 bits per heavy atom. The number of carbonyl (C=O) groups is 1. The molecule has 10 heteroatoms. The largest absolute Gasteiger partial charge is 0.497 e. The summed E-state index contributed by atoms with van der Waals surface area (Å²) in [5, 5.41) is 0. The van der Waals surface area contributed by atoms with Crippen molar-refractivity contribution in [3.63, 3.8) is 0 Å². The molecule has 1 aromatic carbocycles. The Kier molecular flexibility index (Phi) is 8.97. The molecule has 0 bridgehead atoms. The molecule has 0 aliphatic heterocycles. The quantitative estimate of drug-likeness (QED) is 0.445. The van der Waals surface area contributed by atoms with Crippen LogP contribution in [0.25, 0.3) is 0 Å². The molecule has 1 aliphatic rings. The number of methoxy groups -OCH3 is 2. The van der Waals surface area contributed by atoms with Gasteiger partial charge in [0.2, 0.25) is 5.91 Å². The third-order valence-corrected chi connectivity index (χ3v) is 6.23. The molecule has 0 atom stereocenters. The fourth-order valence-electron chi connectivity index (χ4n) is 4.20. The van der Waals surface area contributed by atoms with Gasteiger partial charge in [0.15, 0.2) is 5.69 Å². The van der Waals surface area contributed by atoms with Gasteiger partial charge < -0.3 is 20.1 Å². The number of nitrogens with zero attached hydrogens (tertiary/aromatic N) is 3. The van der Waals surface area contributed by atoms with E-state index >= 15 is 0 Å². The van der Waals surface area contributed by atoms with Gasteiger partial charge in [-0.3, -0.25) is 24.0 Å². The summed E-state index contributed by atoms with van der Waals surface area (Å²) in [5.41, 5.74) is 6.04. The van der Waals surface area contributed by atoms with Gasteiger partial charge in [-0.15, -0.1) is 0 Å². The summed E-state index contributed by atoms with van der Waals surface area (Å²) < 4.78 is 12.2. The first-order valence-corrected chi connectivity index (χ1v) is 12.2. The molecule has 1 aromatic heterocycles. The van der Waals surface area contributed by atoms with Crippen molar-refractivity contribution in [1.29, 1.82) is 0 Å². The highest BCUT2D eigenvalue weighted by Crippen LogP contribution is 2.32. The molecule has 1 fully saturated rings. The molecule has 2 aromatic rings. The molecule has 192 valence electrons. The molecule has 3 rings (SSSR count). The van der Waals surface area contributed by atoms with E-state index in [1.807, 2.05) is 32.0 Å². The van der Waals surface area contributed by atoms with Crippen LogP contribution in [0.5, 0.6) is 11.5 Å². The minimum atomic E-state index is -0.642. The van der Waals surface area contributed by atoms with E-state index < -0.39 is 11.2 Å². The van der Waals surface area contributed by atoms with Crippen molar-refractivity contribution in [1.82, 2.24) is 14.5 Å². The van der Waals surface area contributed by atoms with Crippen LogP contribution in [-0.2, 0) is 17.9 Å². The van der Waals surface area contributed by atoms with E-state index in [1.165, 1.54) is 9.47 Å². The first kappa shape index (κ1) is 26.3. The highest BCUT2D eigenvalue weighted by atomic mass is 16.5. The SMILES string of the molecule is CCCCN(C(=O)CN(Cc1cc(OC)ccc1OC)C1CC1)c1c(N)n(CCC)c(=O)[nH]c1=O. The lowest BCUT2D eigenvalue weighted by Crippen LogP contribution is -2.46. The van der Waals surface area contributed by atoms with Crippen LogP contribution in [0.15, 0.2) is 27.8 Å². The number of H-pyrrole nitrogens is 1. The second-order valence-electron chi connectivity index (χ2n) is 8.86. The summed E-state index contributed by atoms with van der Waals surface area (Å²) >= 11 is 0. The Labute approximate surface area is 205 Å². The van der Waals surface area contributed by atoms with Gasteiger partial charge in [0.1, 0.15) is 17.3 Å². The van der Waals surface area contributed by atoms with Crippen molar-refractivity contribution >= 4 is 17.4 Å². The number of nitrogens with two attached hydrogens (primary N) is 1. The van der Waals surface area contributed by atoms with Crippen LogP contribution in [0.1, 0.15) is 51.5 Å². The van der Waals surface area contributed by atoms with E-state index in [1.54, 1.807) is 14.2 Å². The average molecular weight is 488 g/mol. The van der Waals surface area contributed by atoms with E-state index in [-0.39, 0.29) is 30.0 Å². The summed E-state index contributed by atoms with van der Waals surface area (Å²) in [7, 11) is 3.23. The van der Waals surface area contributed by atoms with Crippen molar-refractivity contribution in [2.75, 3.05) is 37.9 Å². The summed E-state index contributed by atoms with van der Waals surface area (Å²) in [6, 6.07) is 5.87. The van der Waals surface area contributed by atoms with Gasteiger partial charge >= 0.3 is 5.69 Å². The number of rotatable bonds is 13. The maximum absolute atomic E-state index is 13.7. The number of aromatic nitrogens is 2. The van der Waals surface area contributed by atoms with Gasteiger partial charge in [0.05, 0.1) is 20.8 Å². The number of amides is 1. The molecule has 0 saturated heterocycles. The molecule has 0 spiro atoms. The Balaban J connectivity index is 1.93. The number of nitrogens with one attached hydrogen (secondary N) is 1. The summed E-state index contributed by atoms with van der Waals surface area (Å²) in [4.78, 5) is 44.6. The van der Waals surface area contributed by atoms with Crippen molar-refractivity contribution in [2.45, 2.75) is 65.1 Å². The fraction of sp³-hybridized carbons (Fsp3) is 0.560. The normalized spacial score (nSPS) is 13.2. The molecule has 1 saturated carbocycles. The Bertz CT molecular complexity index is 1140.